The van der Waals surface area contributed by atoms with Crippen LogP contribution in [0.25, 0.3) is 0 Å². The lowest BCUT2D eigenvalue weighted by Crippen LogP contribution is -2.45. The van der Waals surface area contributed by atoms with Crippen molar-refractivity contribution in [3.8, 4) is 0 Å². The van der Waals surface area contributed by atoms with E-state index in [1.807, 2.05) is 13.0 Å². The van der Waals surface area contributed by atoms with E-state index in [4.69, 9.17) is 0 Å². The summed E-state index contributed by atoms with van der Waals surface area (Å²) in [4.78, 5) is 11.8. The third kappa shape index (κ3) is 2.06. The lowest BCUT2D eigenvalue weighted by atomic mass is 9.51. The van der Waals surface area contributed by atoms with E-state index in [0.29, 0.717) is 24.0 Å². The first-order valence-electron chi connectivity index (χ1n) is 9.49. The van der Waals surface area contributed by atoms with Crippen molar-refractivity contribution in [2.24, 2.45) is 28.6 Å². The molecule has 23 heavy (non-hydrogen) atoms. The highest BCUT2D eigenvalue weighted by Gasteiger charge is 2.56. The molecule has 0 aromatic rings. The van der Waals surface area contributed by atoms with E-state index in [-0.39, 0.29) is 16.9 Å². The molecule has 0 aromatic carbocycles. The SMILES string of the molecule is CC(O)C1CCC2C3CCC4=CC(=O)CCC4(C)C3=CCC12C. The molecule has 2 saturated carbocycles. The van der Waals surface area contributed by atoms with Gasteiger partial charge in [-0.2, -0.15) is 0 Å². The Morgan fingerprint density at radius 1 is 1.22 bits per heavy atom. The van der Waals surface area contributed by atoms with Crippen molar-refractivity contribution in [1.29, 1.82) is 0 Å². The van der Waals surface area contributed by atoms with E-state index in [9.17, 15) is 9.90 Å². The number of aliphatic hydroxyl groups excluding tert-OH is 1. The van der Waals surface area contributed by atoms with Crippen LogP contribution in [0.5, 0.6) is 0 Å². The molecule has 0 aliphatic heterocycles. The smallest absolute Gasteiger partial charge is 0.155 e. The summed E-state index contributed by atoms with van der Waals surface area (Å²) in [5.74, 6) is 2.17. The molecule has 4 aliphatic rings. The fraction of sp³-hybridized carbons (Fsp3) is 0.762. The number of fused-ring (bicyclic) bond motifs is 5. The van der Waals surface area contributed by atoms with Gasteiger partial charge >= 0.3 is 0 Å². The quantitative estimate of drug-likeness (QED) is 0.727. The Bertz CT molecular complexity index is 599. The van der Waals surface area contributed by atoms with E-state index in [1.165, 1.54) is 24.8 Å². The molecule has 2 heteroatoms. The van der Waals surface area contributed by atoms with E-state index in [2.05, 4.69) is 19.9 Å². The van der Waals surface area contributed by atoms with E-state index in [0.717, 1.165) is 25.2 Å². The van der Waals surface area contributed by atoms with Crippen LogP contribution in [0.4, 0.5) is 0 Å². The Kier molecular flexibility index (Phi) is 3.43. The predicted octanol–water partition coefficient (Wildman–Crippen LogP) is 4.44. The molecule has 0 radical (unpaired) electrons. The van der Waals surface area contributed by atoms with E-state index < -0.39 is 0 Å². The van der Waals surface area contributed by atoms with Crippen LogP contribution < -0.4 is 0 Å². The van der Waals surface area contributed by atoms with E-state index in [1.54, 1.807) is 5.57 Å². The second-order valence-electron chi connectivity index (χ2n) is 9.01. The minimum absolute atomic E-state index is 0.140. The molecule has 6 atom stereocenters. The molecular formula is C21H30O2. The van der Waals surface area contributed by atoms with Gasteiger partial charge < -0.3 is 5.11 Å². The fourth-order valence-corrected chi connectivity index (χ4v) is 6.69. The first kappa shape index (κ1) is 15.6. The average Bonchev–Trinajstić information content (AvgIpc) is 2.85. The number of hydrogen-bond acceptors (Lipinski definition) is 2. The van der Waals surface area contributed by atoms with Crippen LogP contribution in [0, 0.1) is 28.6 Å². The van der Waals surface area contributed by atoms with Crippen molar-refractivity contribution in [2.75, 3.05) is 0 Å². The topological polar surface area (TPSA) is 37.3 Å². The normalized spacial score (nSPS) is 47.1. The number of hydrogen-bond donors (Lipinski definition) is 1. The molecule has 0 aromatic heterocycles. The number of rotatable bonds is 1. The fourth-order valence-electron chi connectivity index (χ4n) is 6.69. The van der Waals surface area contributed by atoms with Gasteiger partial charge in [-0.25, -0.2) is 0 Å². The van der Waals surface area contributed by atoms with Crippen molar-refractivity contribution >= 4 is 5.78 Å². The number of allylic oxidation sites excluding steroid dienone is 4. The molecule has 0 spiro atoms. The standard InChI is InChI=1S/C21H30O2/c1-13(22)17-6-7-18-16-5-4-14-12-15(23)8-10-20(14,2)19(16)9-11-21(17,18)3/h9,12-13,16-18,22H,4-8,10-11H2,1-3H3. The van der Waals surface area contributed by atoms with Gasteiger partial charge in [0.2, 0.25) is 0 Å². The van der Waals surface area contributed by atoms with Crippen LogP contribution in [0.3, 0.4) is 0 Å². The summed E-state index contributed by atoms with van der Waals surface area (Å²) in [5, 5.41) is 10.3. The van der Waals surface area contributed by atoms with Crippen LogP contribution >= 0.6 is 0 Å². The Morgan fingerprint density at radius 3 is 2.74 bits per heavy atom. The molecule has 4 rings (SSSR count). The Morgan fingerprint density at radius 2 is 2.00 bits per heavy atom. The van der Waals surface area contributed by atoms with Gasteiger partial charge in [0.25, 0.3) is 0 Å². The van der Waals surface area contributed by atoms with Gasteiger partial charge in [0, 0.05) is 11.8 Å². The zero-order valence-electron chi connectivity index (χ0n) is 14.8. The van der Waals surface area contributed by atoms with Crippen molar-refractivity contribution < 1.29 is 9.90 Å². The molecule has 6 unspecified atom stereocenters. The molecule has 0 saturated heterocycles. The number of carbonyl (C=O) groups is 1. The van der Waals surface area contributed by atoms with Gasteiger partial charge in [0.05, 0.1) is 6.10 Å². The minimum atomic E-state index is -0.193. The Hall–Kier alpha value is -0.890. The van der Waals surface area contributed by atoms with Crippen molar-refractivity contribution in [2.45, 2.75) is 71.8 Å². The number of ketones is 1. The lowest BCUT2D eigenvalue weighted by molar-refractivity contribution is -0.115. The summed E-state index contributed by atoms with van der Waals surface area (Å²) in [6.45, 7) is 6.79. The molecule has 4 aliphatic carbocycles. The largest absolute Gasteiger partial charge is 0.393 e. The molecule has 2 nitrogen and oxygen atoms in total. The zero-order valence-corrected chi connectivity index (χ0v) is 14.8. The Labute approximate surface area is 140 Å². The highest BCUT2D eigenvalue weighted by Crippen LogP contribution is 2.64. The van der Waals surface area contributed by atoms with Crippen molar-refractivity contribution in [3.05, 3.63) is 23.3 Å². The van der Waals surface area contributed by atoms with Gasteiger partial charge in [0.1, 0.15) is 0 Å². The average molecular weight is 314 g/mol. The maximum Gasteiger partial charge on any atom is 0.155 e. The molecule has 126 valence electrons. The molecule has 0 heterocycles. The number of carbonyl (C=O) groups excluding carboxylic acids is 1. The third-order valence-electron chi connectivity index (χ3n) is 7.99. The molecule has 2 fully saturated rings. The summed E-state index contributed by atoms with van der Waals surface area (Å²) >= 11 is 0. The maximum absolute atomic E-state index is 11.8. The second-order valence-corrected chi connectivity index (χ2v) is 9.01. The summed E-state index contributed by atoms with van der Waals surface area (Å²) in [5.41, 5.74) is 3.44. The summed E-state index contributed by atoms with van der Waals surface area (Å²) < 4.78 is 0. The van der Waals surface area contributed by atoms with Crippen LogP contribution in [0.15, 0.2) is 23.3 Å². The van der Waals surface area contributed by atoms with Gasteiger partial charge in [-0.15, -0.1) is 0 Å². The molecule has 1 N–H and O–H groups in total. The predicted molar refractivity (Wildman–Crippen MR) is 91.9 cm³/mol. The second kappa shape index (κ2) is 5.05. The zero-order chi connectivity index (χ0) is 16.4. The number of aliphatic hydroxyl groups is 1. The monoisotopic (exact) mass is 314 g/mol. The minimum Gasteiger partial charge on any atom is -0.393 e. The first-order valence-corrected chi connectivity index (χ1v) is 9.49. The van der Waals surface area contributed by atoms with Crippen LogP contribution in [0.1, 0.15) is 65.7 Å². The van der Waals surface area contributed by atoms with Gasteiger partial charge in [-0.1, -0.05) is 31.1 Å². The van der Waals surface area contributed by atoms with Crippen LogP contribution in [-0.4, -0.2) is 17.0 Å². The van der Waals surface area contributed by atoms with Gasteiger partial charge in [-0.3, -0.25) is 4.79 Å². The maximum atomic E-state index is 11.8. The third-order valence-corrected chi connectivity index (χ3v) is 7.99. The van der Waals surface area contributed by atoms with Crippen LogP contribution in [-0.2, 0) is 4.79 Å². The highest BCUT2D eigenvalue weighted by atomic mass is 16.3. The molecular weight excluding hydrogens is 284 g/mol. The van der Waals surface area contributed by atoms with Gasteiger partial charge in [0.15, 0.2) is 5.78 Å². The van der Waals surface area contributed by atoms with Gasteiger partial charge in [-0.05, 0) is 74.7 Å². The van der Waals surface area contributed by atoms with E-state index >= 15 is 0 Å². The summed E-state index contributed by atoms with van der Waals surface area (Å²) in [6.07, 6.45) is 11.8. The first-order chi connectivity index (χ1) is 10.9. The Balaban J connectivity index is 1.73. The van der Waals surface area contributed by atoms with Crippen molar-refractivity contribution in [3.63, 3.8) is 0 Å². The molecule has 0 amide bonds. The molecule has 0 bridgehead atoms. The lowest BCUT2D eigenvalue weighted by Gasteiger charge is -2.53. The summed E-state index contributed by atoms with van der Waals surface area (Å²) in [7, 11) is 0. The van der Waals surface area contributed by atoms with Crippen LogP contribution in [0.2, 0.25) is 0 Å². The summed E-state index contributed by atoms with van der Waals surface area (Å²) in [6, 6.07) is 0. The highest BCUT2D eigenvalue weighted by molar-refractivity contribution is 5.92. The van der Waals surface area contributed by atoms with Crippen molar-refractivity contribution in [1.82, 2.24) is 0 Å².